The van der Waals surface area contributed by atoms with Gasteiger partial charge in [-0.1, -0.05) is 72.8 Å². The number of carbonyl (C=O) groups excluding carboxylic acids is 3. The van der Waals surface area contributed by atoms with Crippen molar-refractivity contribution < 1.29 is 19.1 Å². The zero-order valence-electron chi connectivity index (χ0n) is 20.5. The van der Waals surface area contributed by atoms with E-state index in [-0.39, 0.29) is 17.3 Å². The summed E-state index contributed by atoms with van der Waals surface area (Å²) in [7, 11) is 1.59. The monoisotopic (exact) mass is 517 g/mol. The number of rotatable bonds is 4. The number of thiophene rings is 1. The Bertz CT molecular complexity index is 1620. The fraction of sp³-hybridized carbons (Fsp3) is 0.156. The molecule has 3 atom stereocenters. The van der Waals surface area contributed by atoms with Gasteiger partial charge >= 0.3 is 0 Å². The highest BCUT2D eigenvalue weighted by molar-refractivity contribution is 7.12. The molecule has 2 aliphatic heterocycles. The van der Waals surface area contributed by atoms with E-state index in [2.05, 4.69) is 0 Å². The van der Waals surface area contributed by atoms with Gasteiger partial charge in [-0.25, -0.2) is 0 Å². The largest absolute Gasteiger partial charge is 0.497 e. The average molecular weight is 518 g/mol. The maximum Gasteiger partial charge on any atom is 0.195 e. The highest BCUT2D eigenvalue weighted by Gasteiger charge is 2.71. The van der Waals surface area contributed by atoms with Gasteiger partial charge in [0.2, 0.25) is 0 Å². The van der Waals surface area contributed by atoms with E-state index < -0.39 is 23.4 Å². The van der Waals surface area contributed by atoms with Crippen molar-refractivity contribution in [1.82, 2.24) is 0 Å². The quantitative estimate of drug-likeness (QED) is 0.243. The minimum Gasteiger partial charge on any atom is -0.497 e. The summed E-state index contributed by atoms with van der Waals surface area (Å²) >= 11 is 1.37. The maximum atomic E-state index is 14.6. The lowest BCUT2D eigenvalue weighted by Gasteiger charge is -2.37. The molecule has 3 aromatic carbocycles. The Morgan fingerprint density at radius 1 is 0.895 bits per heavy atom. The minimum absolute atomic E-state index is 0.101. The number of ether oxygens (including phenoxy) is 1. The van der Waals surface area contributed by atoms with Crippen molar-refractivity contribution in [3.63, 3.8) is 0 Å². The van der Waals surface area contributed by atoms with E-state index in [4.69, 9.17) is 4.74 Å². The minimum atomic E-state index is -1.50. The number of ketones is 3. The van der Waals surface area contributed by atoms with Crippen LogP contribution in [-0.4, -0.2) is 36.5 Å². The molecular formula is C32H23NO4S. The molecule has 0 N–H and O–H groups in total. The van der Waals surface area contributed by atoms with Crippen LogP contribution in [0.4, 0.5) is 5.69 Å². The molecule has 5 nitrogen and oxygen atoms in total. The van der Waals surface area contributed by atoms with Gasteiger partial charge in [0.05, 0.1) is 18.0 Å². The fourth-order valence-electron chi connectivity index (χ4n) is 6.69. The topological polar surface area (TPSA) is 63.7 Å². The van der Waals surface area contributed by atoms with E-state index in [1.807, 2.05) is 83.1 Å². The number of para-hydroxylation sites is 1. The molecule has 3 heterocycles. The van der Waals surface area contributed by atoms with Crippen molar-refractivity contribution >= 4 is 40.4 Å². The second-order valence-corrected chi connectivity index (χ2v) is 10.8. The predicted molar refractivity (Wildman–Crippen MR) is 147 cm³/mol. The zero-order chi connectivity index (χ0) is 26.0. The first-order valence-electron chi connectivity index (χ1n) is 12.5. The number of hydrogen-bond acceptors (Lipinski definition) is 6. The third-order valence-electron chi connectivity index (χ3n) is 8.20. The molecule has 1 saturated heterocycles. The van der Waals surface area contributed by atoms with Crippen LogP contribution in [0.5, 0.6) is 5.75 Å². The first-order valence-corrected chi connectivity index (χ1v) is 13.4. The number of hydrogen-bond donors (Lipinski definition) is 0. The van der Waals surface area contributed by atoms with Crippen LogP contribution in [0.15, 0.2) is 96.4 Å². The number of methoxy groups -OCH3 is 1. The van der Waals surface area contributed by atoms with Gasteiger partial charge in [0.15, 0.2) is 17.3 Å². The lowest BCUT2D eigenvalue weighted by molar-refractivity contribution is 0.0666. The first kappa shape index (κ1) is 22.9. The molecule has 7 rings (SSSR count). The van der Waals surface area contributed by atoms with Gasteiger partial charge in [-0.05, 0) is 40.8 Å². The van der Waals surface area contributed by atoms with Crippen LogP contribution >= 0.6 is 11.3 Å². The number of anilines is 1. The molecule has 0 amide bonds. The Balaban J connectivity index is 1.56. The summed E-state index contributed by atoms with van der Waals surface area (Å²) in [6.07, 6.45) is 3.92. The Morgan fingerprint density at radius 3 is 2.34 bits per heavy atom. The van der Waals surface area contributed by atoms with Gasteiger partial charge in [-0.15, -0.1) is 11.3 Å². The third-order valence-corrected chi connectivity index (χ3v) is 9.08. The second-order valence-electron chi connectivity index (χ2n) is 9.88. The Labute approximate surface area is 224 Å². The van der Waals surface area contributed by atoms with Crippen molar-refractivity contribution in [2.75, 3.05) is 12.0 Å². The SMILES string of the molecule is COc1cccc([C@H]2[C@H](C(=O)c3cccs3)N3c4ccccc4C=C[C@@H]3C23C(=O)c2ccccc2C3=O)c1. The lowest BCUT2D eigenvalue weighted by atomic mass is 9.64. The first-order chi connectivity index (χ1) is 18.6. The lowest BCUT2D eigenvalue weighted by Crippen LogP contribution is -2.48. The van der Waals surface area contributed by atoms with Gasteiger partial charge in [-0.3, -0.25) is 14.4 Å². The molecule has 3 aliphatic rings. The molecule has 38 heavy (non-hydrogen) atoms. The van der Waals surface area contributed by atoms with Gasteiger partial charge < -0.3 is 9.64 Å². The summed E-state index contributed by atoms with van der Waals surface area (Å²) in [6, 6.07) is 24.6. The van der Waals surface area contributed by atoms with Gasteiger partial charge in [0.1, 0.15) is 17.2 Å². The molecule has 6 heteroatoms. The van der Waals surface area contributed by atoms with Crippen molar-refractivity contribution in [2.24, 2.45) is 5.41 Å². The number of Topliss-reactive ketones (excluding diaryl/α,β-unsaturated/α-hetero) is 3. The van der Waals surface area contributed by atoms with Crippen molar-refractivity contribution in [3.05, 3.63) is 124 Å². The third kappa shape index (κ3) is 2.89. The average Bonchev–Trinajstić information content (AvgIpc) is 3.66. The van der Waals surface area contributed by atoms with Crippen LogP contribution in [0.2, 0.25) is 0 Å². The molecule has 0 unspecified atom stereocenters. The summed E-state index contributed by atoms with van der Waals surface area (Å²) in [5, 5.41) is 1.88. The summed E-state index contributed by atoms with van der Waals surface area (Å²) in [6.45, 7) is 0. The standard InChI is InChI=1S/C32H23NO4S/c1-37-21-10-6-9-20(18-21)27-28(29(34)25-14-7-17-38-25)33-24-13-5-2-8-19(24)15-16-26(33)32(27)30(35)22-11-3-4-12-23(22)31(32)36/h2-18,26-28H,1H3/t26-,27+,28-/m1/s1. The van der Waals surface area contributed by atoms with Crippen molar-refractivity contribution in [1.29, 1.82) is 0 Å². The number of carbonyl (C=O) groups is 3. The maximum absolute atomic E-state index is 14.6. The molecule has 186 valence electrons. The van der Waals surface area contributed by atoms with Crippen LogP contribution < -0.4 is 9.64 Å². The van der Waals surface area contributed by atoms with E-state index in [1.54, 1.807) is 31.4 Å². The molecule has 1 spiro atoms. The van der Waals surface area contributed by atoms with E-state index >= 15 is 0 Å². The Morgan fingerprint density at radius 2 is 1.63 bits per heavy atom. The van der Waals surface area contributed by atoms with Crippen LogP contribution in [0.3, 0.4) is 0 Å². The van der Waals surface area contributed by atoms with Crippen molar-refractivity contribution in [3.8, 4) is 5.75 Å². The molecular weight excluding hydrogens is 494 g/mol. The Kier molecular flexibility index (Phi) is 5.03. The van der Waals surface area contributed by atoms with E-state index in [0.717, 1.165) is 16.8 Å². The van der Waals surface area contributed by atoms with Gasteiger partial charge in [0, 0.05) is 22.7 Å². The van der Waals surface area contributed by atoms with Crippen LogP contribution in [-0.2, 0) is 0 Å². The summed E-state index contributed by atoms with van der Waals surface area (Å²) < 4.78 is 5.54. The number of benzene rings is 3. The molecule has 1 aromatic heterocycles. The second kappa shape index (κ2) is 8.36. The normalized spacial score (nSPS) is 22.3. The zero-order valence-corrected chi connectivity index (χ0v) is 21.4. The molecule has 4 aromatic rings. The molecule has 0 saturated carbocycles. The highest BCUT2D eigenvalue weighted by Crippen LogP contribution is 2.61. The van der Waals surface area contributed by atoms with E-state index in [0.29, 0.717) is 21.8 Å². The summed E-state index contributed by atoms with van der Waals surface area (Å²) in [4.78, 5) is 46.2. The van der Waals surface area contributed by atoms with Crippen LogP contribution in [0.1, 0.15) is 47.4 Å². The molecule has 0 radical (unpaired) electrons. The molecule has 0 bridgehead atoms. The van der Waals surface area contributed by atoms with Gasteiger partial charge in [-0.2, -0.15) is 0 Å². The van der Waals surface area contributed by atoms with E-state index in [1.165, 1.54) is 11.3 Å². The smallest absolute Gasteiger partial charge is 0.195 e. The van der Waals surface area contributed by atoms with Crippen LogP contribution in [0.25, 0.3) is 6.08 Å². The van der Waals surface area contributed by atoms with E-state index in [9.17, 15) is 14.4 Å². The van der Waals surface area contributed by atoms with Crippen LogP contribution in [0, 0.1) is 5.41 Å². The van der Waals surface area contributed by atoms with Gasteiger partial charge in [0.25, 0.3) is 0 Å². The highest BCUT2D eigenvalue weighted by atomic mass is 32.1. The predicted octanol–water partition coefficient (Wildman–Crippen LogP) is 6.07. The molecule has 1 fully saturated rings. The summed E-state index contributed by atoms with van der Waals surface area (Å²) in [5.41, 5.74) is 1.86. The Hall–Kier alpha value is -4.29. The molecule has 1 aliphatic carbocycles. The number of fused-ring (bicyclic) bond motifs is 5. The summed E-state index contributed by atoms with van der Waals surface area (Å²) in [5.74, 6) is -0.689. The van der Waals surface area contributed by atoms with Crippen molar-refractivity contribution in [2.45, 2.75) is 18.0 Å². The number of nitrogens with zero attached hydrogens (tertiary/aromatic N) is 1. The fourth-order valence-corrected chi connectivity index (χ4v) is 7.39.